The maximum atomic E-state index is 12.3. The number of anilines is 1. The molecule has 1 aromatic heterocycles. The largest absolute Gasteiger partial charge is 0.378 e. The maximum absolute atomic E-state index is 12.3. The second-order valence-electron chi connectivity index (χ2n) is 5.63. The van der Waals surface area contributed by atoms with E-state index < -0.39 is 0 Å². The summed E-state index contributed by atoms with van der Waals surface area (Å²) in [5.74, 6) is -0.160. The first-order valence-electron chi connectivity index (χ1n) is 8.04. The SMILES string of the molecule is O=C(NCCc1cccc(Cl)c1)c1cc(N2CCOCC2)ccn1. The van der Waals surface area contributed by atoms with Crippen LogP contribution in [0, 0.1) is 0 Å². The van der Waals surface area contributed by atoms with Crippen LogP contribution in [0.25, 0.3) is 0 Å². The van der Waals surface area contributed by atoms with Gasteiger partial charge in [0.15, 0.2) is 0 Å². The van der Waals surface area contributed by atoms with Gasteiger partial charge in [-0.2, -0.15) is 0 Å². The molecule has 0 saturated carbocycles. The molecule has 3 rings (SSSR count). The molecule has 5 nitrogen and oxygen atoms in total. The maximum Gasteiger partial charge on any atom is 0.269 e. The van der Waals surface area contributed by atoms with Crippen LogP contribution in [-0.4, -0.2) is 43.7 Å². The summed E-state index contributed by atoms with van der Waals surface area (Å²) in [6.07, 6.45) is 2.41. The summed E-state index contributed by atoms with van der Waals surface area (Å²) in [4.78, 5) is 18.7. The number of nitrogens with zero attached hydrogens (tertiary/aromatic N) is 2. The Bertz CT molecular complexity index is 702. The predicted octanol–water partition coefficient (Wildman–Crippen LogP) is 2.54. The van der Waals surface area contributed by atoms with Crippen LogP contribution in [0.5, 0.6) is 0 Å². The summed E-state index contributed by atoms with van der Waals surface area (Å²) in [5, 5.41) is 3.62. The van der Waals surface area contributed by atoms with Crippen LogP contribution in [0.3, 0.4) is 0 Å². The summed E-state index contributed by atoms with van der Waals surface area (Å²) >= 11 is 5.96. The summed E-state index contributed by atoms with van der Waals surface area (Å²) in [6, 6.07) is 11.4. The van der Waals surface area contributed by atoms with E-state index in [1.165, 1.54) is 0 Å². The third-order valence-electron chi connectivity index (χ3n) is 3.94. The first-order valence-corrected chi connectivity index (χ1v) is 8.41. The number of amides is 1. The molecule has 1 aliphatic rings. The number of pyridine rings is 1. The van der Waals surface area contributed by atoms with E-state index in [1.807, 2.05) is 36.4 Å². The van der Waals surface area contributed by atoms with E-state index in [0.717, 1.165) is 30.8 Å². The summed E-state index contributed by atoms with van der Waals surface area (Å²) in [5.41, 5.74) is 2.54. The number of hydrogen-bond donors (Lipinski definition) is 1. The normalized spacial score (nSPS) is 14.5. The summed E-state index contributed by atoms with van der Waals surface area (Å²) in [7, 11) is 0. The number of benzene rings is 1. The van der Waals surface area contributed by atoms with Gasteiger partial charge < -0.3 is 15.0 Å². The molecular weight excluding hydrogens is 326 g/mol. The highest BCUT2D eigenvalue weighted by atomic mass is 35.5. The number of carbonyl (C=O) groups is 1. The van der Waals surface area contributed by atoms with Gasteiger partial charge in [0.05, 0.1) is 13.2 Å². The fourth-order valence-corrected chi connectivity index (χ4v) is 2.88. The molecule has 1 aliphatic heterocycles. The van der Waals surface area contributed by atoms with Gasteiger partial charge in [-0.15, -0.1) is 0 Å². The molecule has 126 valence electrons. The van der Waals surface area contributed by atoms with Crippen LogP contribution >= 0.6 is 11.6 Å². The Morgan fingerprint density at radius 1 is 1.25 bits per heavy atom. The smallest absolute Gasteiger partial charge is 0.269 e. The zero-order chi connectivity index (χ0) is 16.8. The molecule has 0 radical (unpaired) electrons. The molecule has 1 amide bonds. The number of aromatic nitrogens is 1. The van der Waals surface area contributed by atoms with Gasteiger partial charge in [0.25, 0.3) is 5.91 Å². The standard InChI is InChI=1S/C18H20ClN3O2/c19-15-3-1-2-14(12-15)4-6-21-18(23)17-13-16(5-7-20-17)22-8-10-24-11-9-22/h1-3,5,7,12-13H,4,6,8-11H2,(H,21,23). The van der Waals surface area contributed by atoms with E-state index in [4.69, 9.17) is 16.3 Å². The predicted molar refractivity (Wildman–Crippen MR) is 94.8 cm³/mol. The number of hydrogen-bond acceptors (Lipinski definition) is 4. The minimum absolute atomic E-state index is 0.160. The van der Waals surface area contributed by atoms with Crippen molar-refractivity contribution in [3.05, 3.63) is 58.9 Å². The highest BCUT2D eigenvalue weighted by Gasteiger charge is 2.14. The lowest BCUT2D eigenvalue weighted by Gasteiger charge is -2.28. The van der Waals surface area contributed by atoms with E-state index in [2.05, 4.69) is 15.2 Å². The molecule has 0 unspecified atom stereocenters. The Morgan fingerprint density at radius 3 is 2.88 bits per heavy atom. The van der Waals surface area contributed by atoms with Crippen molar-refractivity contribution in [2.45, 2.75) is 6.42 Å². The van der Waals surface area contributed by atoms with E-state index in [0.29, 0.717) is 30.5 Å². The minimum Gasteiger partial charge on any atom is -0.378 e. The van der Waals surface area contributed by atoms with Crippen molar-refractivity contribution in [1.29, 1.82) is 0 Å². The highest BCUT2D eigenvalue weighted by Crippen LogP contribution is 2.16. The van der Waals surface area contributed by atoms with Gasteiger partial charge in [-0.25, -0.2) is 0 Å². The van der Waals surface area contributed by atoms with E-state index in [9.17, 15) is 4.79 Å². The monoisotopic (exact) mass is 345 g/mol. The van der Waals surface area contributed by atoms with Crippen molar-refractivity contribution in [2.75, 3.05) is 37.7 Å². The fourth-order valence-electron chi connectivity index (χ4n) is 2.67. The molecule has 6 heteroatoms. The Morgan fingerprint density at radius 2 is 2.08 bits per heavy atom. The number of nitrogens with one attached hydrogen (secondary N) is 1. The number of carbonyl (C=O) groups excluding carboxylic acids is 1. The molecule has 24 heavy (non-hydrogen) atoms. The van der Waals surface area contributed by atoms with Crippen LogP contribution in [0.1, 0.15) is 16.1 Å². The Balaban J connectivity index is 1.56. The lowest BCUT2D eigenvalue weighted by Crippen LogP contribution is -2.36. The quantitative estimate of drug-likeness (QED) is 0.904. The molecular formula is C18H20ClN3O2. The molecule has 0 bridgehead atoms. The third-order valence-corrected chi connectivity index (χ3v) is 4.18. The van der Waals surface area contributed by atoms with Gasteiger partial charge in [-0.3, -0.25) is 9.78 Å². The molecule has 1 fully saturated rings. The lowest BCUT2D eigenvalue weighted by molar-refractivity contribution is 0.0949. The zero-order valence-electron chi connectivity index (χ0n) is 13.4. The van der Waals surface area contributed by atoms with Gasteiger partial charge in [-0.1, -0.05) is 23.7 Å². The topological polar surface area (TPSA) is 54.5 Å². The minimum atomic E-state index is -0.160. The average molecular weight is 346 g/mol. The number of rotatable bonds is 5. The van der Waals surface area contributed by atoms with E-state index in [-0.39, 0.29) is 5.91 Å². The average Bonchev–Trinajstić information content (AvgIpc) is 2.62. The second-order valence-corrected chi connectivity index (χ2v) is 6.07. The summed E-state index contributed by atoms with van der Waals surface area (Å²) in [6.45, 7) is 3.63. The van der Waals surface area contributed by atoms with E-state index in [1.54, 1.807) is 6.20 Å². The van der Waals surface area contributed by atoms with Crippen LogP contribution in [0.2, 0.25) is 5.02 Å². The third kappa shape index (κ3) is 4.46. The van der Waals surface area contributed by atoms with Crippen molar-refractivity contribution in [1.82, 2.24) is 10.3 Å². The lowest BCUT2D eigenvalue weighted by atomic mass is 10.1. The van der Waals surface area contributed by atoms with Crippen molar-refractivity contribution in [3.8, 4) is 0 Å². The van der Waals surface area contributed by atoms with Crippen LogP contribution in [0.4, 0.5) is 5.69 Å². The Hall–Kier alpha value is -2.11. The highest BCUT2D eigenvalue weighted by molar-refractivity contribution is 6.30. The molecule has 0 aliphatic carbocycles. The van der Waals surface area contributed by atoms with Crippen molar-refractivity contribution in [3.63, 3.8) is 0 Å². The molecule has 2 aromatic rings. The number of morpholine rings is 1. The van der Waals surface area contributed by atoms with Crippen LogP contribution in [-0.2, 0) is 11.2 Å². The van der Waals surface area contributed by atoms with Gasteiger partial charge >= 0.3 is 0 Å². The Kier molecular flexibility index (Phi) is 5.67. The number of halogens is 1. The first-order chi connectivity index (χ1) is 11.7. The van der Waals surface area contributed by atoms with Crippen molar-refractivity contribution < 1.29 is 9.53 Å². The molecule has 1 N–H and O–H groups in total. The van der Waals surface area contributed by atoms with Crippen molar-refractivity contribution >= 4 is 23.2 Å². The fraction of sp³-hybridized carbons (Fsp3) is 0.333. The molecule has 0 atom stereocenters. The summed E-state index contributed by atoms with van der Waals surface area (Å²) < 4.78 is 5.36. The molecule has 1 saturated heterocycles. The second kappa shape index (κ2) is 8.13. The van der Waals surface area contributed by atoms with Crippen LogP contribution < -0.4 is 10.2 Å². The van der Waals surface area contributed by atoms with Gasteiger partial charge in [-0.05, 0) is 36.2 Å². The van der Waals surface area contributed by atoms with Crippen molar-refractivity contribution in [2.24, 2.45) is 0 Å². The van der Waals surface area contributed by atoms with Gasteiger partial charge in [0, 0.05) is 36.5 Å². The van der Waals surface area contributed by atoms with Crippen LogP contribution in [0.15, 0.2) is 42.6 Å². The molecule has 2 heterocycles. The van der Waals surface area contributed by atoms with Gasteiger partial charge in [0.2, 0.25) is 0 Å². The molecule has 0 spiro atoms. The molecule has 1 aromatic carbocycles. The first kappa shape index (κ1) is 16.7. The number of ether oxygens (including phenoxy) is 1. The Labute approximate surface area is 146 Å². The zero-order valence-corrected chi connectivity index (χ0v) is 14.1. The van der Waals surface area contributed by atoms with E-state index >= 15 is 0 Å². The van der Waals surface area contributed by atoms with Gasteiger partial charge in [0.1, 0.15) is 5.69 Å².